The first-order valence-electron chi connectivity index (χ1n) is 8.40. The quantitative estimate of drug-likeness (QED) is 0.438. The van der Waals surface area contributed by atoms with Crippen LogP contribution in [0.25, 0.3) is 0 Å². The zero-order chi connectivity index (χ0) is 20.1. The molecule has 1 amide bonds. The topological polar surface area (TPSA) is 81.5 Å². The normalized spacial score (nSPS) is 11.6. The molecule has 6 nitrogen and oxygen atoms in total. The first-order chi connectivity index (χ1) is 13.4. The second-order valence-corrected chi connectivity index (χ2v) is 7.50. The zero-order valence-electron chi connectivity index (χ0n) is 14.9. The van der Waals surface area contributed by atoms with Crippen molar-refractivity contribution in [2.45, 2.75) is 13.0 Å². The van der Waals surface area contributed by atoms with Crippen molar-refractivity contribution in [2.75, 3.05) is 6.61 Å². The maximum Gasteiger partial charge on any atom is 0.312 e. The molecule has 1 N–H and O–H groups in total. The molecule has 0 radical (unpaired) electrons. The number of hydrogen-bond donors (Lipinski definition) is 1. The molecule has 3 aromatic rings. The van der Waals surface area contributed by atoms with Gasteiger partial charge in [-0.1, -0.05) is 47.5 Å². The van der Waals surface area contributed by atoms with Crippen molar-refractivity contribution in [3.05, 3.63) is 91.1 Å². The van der Waals surface area contributed by atoms with Gasteiger partial charge in [0.15, 0.2) is 12.4 Å². The van der Waals surface area contributed by atoms with Crippen molar-refractivity contribution in [2.24, 2.45) is 0 Å². The van der Waals surface area contributed by atoms with Gasteiger partial charge >= 0.3 is 5.69 Å². The first kappa shape index (κ1) is 19.9. The minimum atomic E-state index is -0.597. The van der Waals surface area contributed by atoms with Crippen LogP contribution in [0.15, 0.2) is 60.0 Å². The fourth-order valence-electron chi connectivity index (χ4n) is 2.63. The van der Waals surface area contributed by atoms with E-state index in [1.54, 1.807) is 0 Å². The van der Waals surface area contributed by atoms with Crippen LogP contribution in [0, 0.1) is 17.0 Å². The van der Waals surface area contributed by atoms with E-state index in [0.717, 1.165) is 16.0 Å². The van der Waals surface area contributed by atoms with E-state index in [1.165, 1.54) is 29.5 Å². The van der Waals surface area contributed by atoms with E-state index in [0.29, 0.717) is 0 Å². The molecular formula is C20H17ClN2O4S. The summed E-state index contributed by atoms with van der Waals surface area (Å²) in [6.45, 7) is 1.64. The summed E-state index contributed by atoms with van der Waals surface area (Å²) < 4.78 is 5.38. The number of amides is 1. The smallest absolute Gasteiger partial charge is 0.312 e. The van der Waals surface area contributed by atoms with Gasteiger partial charge in [0.2, 0.25) is 0 Å². The molecule has 144 valence electrons. The number of halogens is 1. The van der Waals surface area contributed by atoms with Crippen molar-refractivity contribution in [3.63, 3.8) is 0 Å². The Balaban J connectivity index is 1.73. The molecule has 1 unspecified atom stereocenters. The Labute approximate surface area is 170 Å². The average Bonchev–Trinajstić information content (AvgIpc) is 3.20. The summed E-state index contributed by atoms with van der Waals surface area (Å²) >= 11 is 7.33. The Hall–Kier alpha value is -2.90. The number of aryl methyl sites for hydroxylation is 1. The molecule has 8 heteroatoms. The summed E-state index contributed by atoms with van der Waals surface area (Å²) in [5, 5.41) is 16.2. The summed E-state index contributed by atoms with van der Waals surface area (Å²) in [6, 6.07) is 15.5. The number of benzene rings is 2. The van der Waals surface area contributed by atoms with E-state index in [2.05, 4.69) is 5.32 Å². The number of carbonyl (C=O) groups excluding carboxylic acids is 1. The molecule has 0 saturated heterocycles. The Morgan fingerprint density at radius 2 is 2.00 bits per heavy atom. The van der Waals surface area contributed by atoms with E-state index in [-0.39, 0.29) is 35.0 Å². The number of hydrogen-bond acceptors (Lipinski definition) is 5. The summed E-state index contributed by atoms with van der Waals surface area (Å²) in [5.74, 6) is -0.393. The van der Waals surface area contributed by atoms with Gasteiger partial charge < -0.3 is 10.1 Å². The van der Waals surface area contributed by atoms with E-state index in [4.69, 9.17) is 16.3 Å². The third kappa shape index (κ3) is 4.88. The molecule has 1 heterocycles. The molecule has 1 atom stereocenters. The second kappa shape index (κ2) is 8.86. The van der Waals surface area contributed by atoms with Gasteiger partial charge in [-0.2, -0.15) is 0 Å². The van der Waals surface area contributed by atoms with Gasteiger partial charge in [0.1, 0.15) is 0 Å². The second-order valence-electron chi connectivity index (χ2n) is 6.08. The van der Waals surface area contributed by atoms with Crippen LogP contribution in [-0.2, 0) is 4.79 Å². The van der Waals surface area contributed by atoms with Crippen LogP contribution in [0.2, 0.25) is 5.02 Å². The van der Waals surface area contributed by atoms with Crippen LogP contribution >= 0.6 is 22.9 Å². The summed E-state index contributed by atoms with van der Waals surface area (Å²) in [6.07, 6.45) is 0. The van der Waals surface area contributed by atoms with E-state index in [1.807, 2.05) is 48.7 Å². The lowest BCUT2D eigenvalue weighted by Gasteiger charge is -2.18. The molecule has 1 aromatic heterocycles. The first-order valence-corrected chi connectivity index (χ1v) is 9.66. The van der Waals surface area contributed by atoms with E-state index in [9.17, 15) is 14.9 Å². The van der Waals surface area contributed by atoms with Crippen molar-refractivity contribution >= 4 is 34.5 Å². The molecule has 0 aliphatic carbocycles. The van der Waals surface area contributed by atoms with Crippen molar-refractivity contribution < 1.29 is 14.5 Å². The highest BCUT2D eigenvalue weighted by Gasteiger charge is 2.20. The lowest BCUT2D eigenvalue weighted by Crippen LogP contribution is -2.33. The molecule has 0 aliphatic rings. The van der Waals surface area contributed by atoms with Crippen molar-refractivity contribution in [1.29, 1.82) is 0 Å². The summed E-state index contributed by atoms with van der Waals surface area (Å²) in [4.78, 5) is 24.0. The van der Waals surface area contributed by atoms with Crippen molar-refractivity contribution in [1.82, 2.24) is 5.32 Å². The van der Waals surface area contributed by atoms with Crippen LogP contribution < -0.4 is 10.1 Å². The van der Waals surface area contributed by atoms with Gasteiger partial charge in [-0.15, -0.1) is 11.3 Å². The van der Waals surface area contributed by atoms with Crippen LogP contribution in [0.3, 0.4) is 0 Å². The Morgan fingerprint density at radius 1 is 1.25 bits per heavy atom. The number of rotatable bonds is 7. The van der Waals surface area contributed by atoms with Gasteiger partial charge in [-0.05, 0) is 36.1 Å². The lowest BCUT2D eigenvalue weighted by molar-refractivity contribution is -0.385. The standard InChI is InChI=1S/C20H17ClN2O4S/c1-13-4-6-14(7-5-13)20(18-3-2-10-28-18)22-19(24)12-27-17-9-8-15(21)11-16(17)23(25)26/h2-11,20H,12H2,1H3,(H,22,24). The molecule has 28 heavy (non-hydrogen) atoms. The van der Waals surface area contributed by atoms with Crippen LogP contribution in [-0.4, -0.2) is 17.4 Å². The van der Waals surface area contributed by atoms with Gasteiger partial charge in [0.25, 0.3) is 5.91 Å². The molecule has 0 bridgehead atoms. The van der Waals surface area contributed by atoms with Crippen LogP contribution in [0.5, 0.6) is 5.75 Å². The number of carbonyl (C=O) groups is 1. The molecule has 0 spiro atoms. The predicted molar refractivity (Wildman–Crippen MR) is 109 cm³/mol. The molecule has 0 aliphatic heterocycles. The zero-order valence-corrected chi connectivity index (χ0v) is 16.5. The number of nitro benzene ring substituents is 1. The largest absolute Gasteiger partial charge is 0.477 e. The predicted octanol–water partition coefficient (Wildman–Crippen LogP) is 4.90. The fraction of sp³-hybridized carbons (Fsp3) is 0.150. The highest BCUT2D eigenvalue weighted by Crippen LogP contribution is 2.30. The van der Waals surface area contributed by atoms with Gasteiger partial charge in [0, 0.05) is 16.0 Å². The number of nitrogens with one attached hydrogen (secondary N) is 1. The lowest BCUT2D eigenvalue weighted by atomic mass is 10.0. The van der Waals surface area contributed by atoms with Gasteiger partial charge in [-0.25, -0.2) is 0 Å². The van der Waals surface area contributed by atoms with E-state index < -0.39 is 4.92 Å². The monoisotopic (exact) mass is 416 g/mol. The summed E-state index contributed by atoms with van der Waals surface area (Å²) in [7, 11) is 0. The van der Waals surface area contributed by atoms with Crippen LogP contribution in [0.4, 0.5) is 5.69 Å². The highest BCUT2D eigenvalue weighted by atomic mass is 35.5. The Bertz CT molecular complexity index is 974. The molecule has 2 aromatic carbocycles. The molecule has 0 saturated carbocycles. The number of ether oxygens (including phenoxy) is 1. The number of nitro groups is 1. The average molecular weight is 417 g/mol. The maximum absolute atomic E-state index is 12.5. The number of nitrogens with zero attached hydrogens (tertiary/aromatic N) is 1. The third-order valence-corrected chi connectivity index (χ3v) is 5.19. The molecule has 3 rings (SSSR count). The Kier molecular flexibility index (Phi) is 6.28. The minimum absolute atomic E-state index is 0.00689. The number of thiophene rings is 1. The van der Waals surface area contributed by atoms with Crippen LogP contribution in [0.1, 0.15) is 22.0 Å². The SMILES string of the molecule is Cc1ccc(C(NC(=O)COc2ccc(Cl)cc2[N+](=O)[O-])c2cccs2)cc1. The van der Waals surface area contributed by atoms with Crippen molar-refractivity contribution in [3.8, 4) is 5.75 Å². The fourth-order valence-corrected chi connectivity index (χ4v) is 3.60. The van der Waals surface area contributed by atoms with Gasteiger partial charge in [-0.3, -0.25) is 14.9 Å². The Morgan fingerprint density at radius 3 is 2.64 bits per heavy atom. The maximum atomic E-state index is 12.5. The minimum Gasteiger partial charge on any atom is -0.477 e. The van der Waals surface area contributed by atoms with E-state index >= 15 is 0 Å². The highest BCUT2D eigenvalue weighted by molar-refractivity contribution is 7.10. The van der Waals surface area contributed by atoms with Gasteiger partial charge in [0.05, 0.1) is 11.0 Å². The molecular weight excluding hydrogens is 400 g/mol. The third-order valence-electron chi connectivity index (χ3n) is 4.02. The molecule has 0 fully saturated rings. The summed E-state index contributed by atoms with van der Waals surface area (Å²) in [5.41, 5.74) is 1.78.